The van der Waals surface area contributed by atoms with Crippen molar-refractivity contribution in [2.24, 2.45) is 0 Å². The van der Waals surface area contributed by atoms with Crippen LogP contribution in [0.1, 0.15) is 0 Å². The van der Waals surface area contributed by atoms with Gasteiger partial charge >= 0.3 is 0 Å². The first-order valence-corrected chi connectivity index (χ1v) is 19.3. The van der Waals surface area contributed by atoms with Gasteiger partial charge in [-0.05, 0) is 102 Å². The van der Waals surface area contributed by atoms with Crippen LogP contribution in [0.25, 0.3) is 85.5 Å². The number of benzene rings is 10. The Morgan fingerprint density at radius 1 is 0.315 bits per heavy atom. The molecule has 0 bridgehead atoms. The van der Waals surface area contributed by atoms with Gasteiger partial charge in [-0.2, -0.15) is 0 Å². The highest BCUT2D eigenvalue weighted by atomic mass is 32.1. The fraction of sp³-hybridized carbons (Fsp3) is 0. The number of hydrogen-bond acceptors (Lipinski definition) is 2. The van der Waals surface area contributed by atoms with Gasteiger partial charge in [-0.15, -0.1) is 11.3 Å². The summed E-state index contributed by atoms with van der Waals surface area (Å²) in [4.78, 5) is 2.43. The predicted molar refractivity (Wildman–Crippen MR) is 235 cm³/mol. The first-order valence-electron chi connectivity index (χ1n) is 18.5. The average molecular weight is 704 g/mol. The van der Waals surface area contributed by atoms with E-state index in [-0.39, 0.29) is 0 Å². The van der Waals surface area contributed by atoms with Crippen molar-refractivity contribution in [2.75, 3.05) is 4.90 Å². The first-order chi connectivity index (χ1) is 26.8. The normalized spacial score (nSPS) is 11.7. The van der Waals surface area contributed by atoms with E-state index in [1.807, 2.05) is 11.3 Å². The summed E-state index contributed by atoms with van der Waals surface area (Å²) in [6.45, 7) is 0. The second-order valence-corrected chi connectivity index (χ2v) is 15.2. The third-order valence-electron chi connectivity index (χ3n) is 11.0. The zero-order chi connectivity index (χ0) is 35.6. The van der Waals surface area contributed by atoms with E-state index in [1.165, 1.54) is 85.5 Å². The third kappa shape index (κ3) is 4.99. The number of nitrogens with zero attached hydrogens (tertiary/aromatic N) is 1. The molecule has 54 heavy (non-hydrogen) atoms. The average Bonchev–Trinajstić information content (AvgIpc) is 3.59. The van der Waals surface area contributed by atoms with E-state index in [0.29, 0.717) is 0 Å². The largest absolute Gasteiger partial charge is 0.310 e. The fourth-order valence-electron chi connectivity index (χ4n) is 8.45. The molecule has 1 aromatic heterocycles. The smallest absolute Gasteiger partial charge is 0.0540 e. The second kappa shape index (κ2) is 12.4. The number of fused-ring (bicyclic) bond motifs is 9. The van der Waals surface area contributed by atoms with Crippen LogP contribution in [0.15, 0.2) is 200 Å². The Kier molecular flexibility index (Phi) is 7.11. The molecule has 0 atom stereocenters. The summed E-state index contributed by atoms with van der Waals surface area (Å²) in [5, 5.41) is 12.9. The molecule has 252 valence electrons. The maximum atomic E-state index is 2.43. The van der Waals surface area contributed by atoms with Crippen LogP contribution >= 0.6 is 11.3 Å². The van der Waals surface area contributed by atoms with Gasteiger partial charge in [0.15, 0.2) is 0 Å². The highest BCUT2D eigenvalue weighted by Gasteiger charge is 2.19. The van der Waals surface area contributed by atoms with Crippen molar-refractivity contribution in [3.8, 4) is 22.3 Å². The molecule has 11 rings (SSSR count). The molecule has 0 radical (unpaired) electrons. The maximum Gasteiger partial charge on any atom is 0.0540 e. The van der Waals surface area contributed by atoms with E-state index in [1.54, 1.807) is 0 Å². The third-order valence-corrected chi connectivity index (χ3v) is 12.1. The molecule has 11 aromatic rings. The lowest BCUT2D eigenvalue weighted by Crippen LogP contribution is -2.11. The van der Waals surface area contributed by atoms with E-state index in [9.17, 15) is 0 Å². The molecule has 0 saturated carbocycles. The van der Waals surface area contributed by atoms with Crippen molar-refractivity contribution in [3.63, 3.8) is 0 Å². The molecule has 2 heteroatoms. The first kappa shape index (κ1) is 30.8. The predicted octanol–water partition coefficient (Wildman–Crippen LogP) is 15.5. The van der Waals surface area contributed by atoms with Crippen LogP contribution in [0, 0.1) is 0 Å². The van der Waals surface area contributed by atoms with Crippen molar-refractivity contribution in [2.45, 2.75) is 0 Å². The van der Waals surface area contributed by atoms with Gasteiger partial charge in [0, 0.05) is 37.1 Å². The molecular weight excluding hydrogens is 671 g/mol. The Bertz CT molecular complexity index is 3210. The number of rotatable bonds is 5. The van der Waals surface area contributed by atoms with Crippen molar-refractivity contribution >= 4 is 91.7 Å². The van der Waals surface area contributed by atoms with Crippen LogP contribution in [0.5, 0.6) is 0 Å². The molecule has 1 nitrogen and oxygen atoms in total. The van der Waals surface area contributed by atoms with Gasteiger partial charge in [-0.3, -0.25) is 0 Å². The summed E-state index contributed by atoms with van der Waals surface area (Å²) in [5.74, 6) is 0. The standard InChI is InChI=1S/C52H33NS/c1-2-11-34(12-3-1)43-17-8-9-20-48(43)53(42-29-30-46-47-31-39-14-4-5-15-40(39)32-49(47)54-50(46)33-42)41-27-25-36(26-28-41)45-19-10-16-37-23-24-38-22-21-35-13-6-7-18-44(35)52(38)51(37)45/h1-33H. The molecule has 0 aliphatic carbocycles. The Labute approximate surface area is 317 Å². The number of thiophene rings is 1. The van der Waals surface area contributed by atoms with E-state index < -0.39 is 0 Å². The van der Waals surface area contributed by atoms with Gasteiger partial charge < -0.3 is 4.90 Å². The summed E-state index contributed by atoms with van der Waals surface area (Å²) in [6, 6.07) is 73.5. The van der Waals surface area contributed by atoms with Crippen molar-refractivity contribution in [1.29, 1.82) is 0 Å². The molecule has 0 fully saturated rings. The molecule has 10 aromatic carbocycles. The zero-order valence-corrected chi connectivity index (χ0v) is 30.2. The van der Waals surface area contributed by atoms with Crippen molar-refractivity contribution < 1.29 is 0 Å². The molecule has 0 N–H and O–H groups in total. The minimum absolute atomic E-state index is 1.11. The molecule has 0 amide bonds. The Morgan fingerprint density at radius 2 is 0.907 bits per heavy atom. The highest BCUT2D eigenvalue weighted by molar-refractivity contribution is 7.25. The van der Waals surface area contributed by atoms with E-state index in [2.05, 4.69) is 205 Å². The van der Waals surface area contributed by atoms with Crippen LogP contribution in [-0.2, 0) is 0 Å². The van der Waals surface area contributed by atoms with Crippen molar-refractivity contribution in [1.82, 2.24) is 0 Å². The maximum absolute atomic E-state index is 2.43. The van der Waals surface area contributed by atoms with Crippen LogP contribution < -0.4 is 4.90 Å². The molecule has 0 aliphatic rings. The summed E-state index contributed by atoms with van der Waals surface area (Å²) >= 11 is 1.87. The monoisotopic (exact) mass is 703 g/mol. The second-order valence-electron chi connectivity index (χ2n) is 14.1. The highest BCUT2D eigenvalue weighted by Crippen LogP contribution is 2.45. The number of hydrogen-bond donors (Lipinski definition) is 0. The minimum atomic E-state index is 1.11. The van der Waals surface area contributed by atoms with E-state index in [0.717, 1.165) is 17.1 Å². The van der Waals surface area contributed by atoms with Gasteiger partial charge in [0.2, 0.25) is 0 Å². The summed E-state index contributed by atoms with van der Waals surface area (Å²) < 4.78 is 2.60. The Balaban J connectivity index is 1.10. The lowest BCUT2D eigenvalue weighted by molar-refractivity contribution is 1.29. The van der Waals surface area contributed by atoms with Gasteiger partial charge in [-0.25, -0.2) is 0 Å². The Morgan fingerprint density at radius 3 is 1.74 bits per heavy atom. The van der Waals surface area contributed by atoms with Crippen LogP contribution in [0.3, 0.4) is 0 Å². The van der Waals surface area contributed by atoms with Crippen LogP contribution in [0.4, 0.5) is 17.1 Å². The molecule has 0 saturated heterocycles. The molecule has 1 heterocycles. The van der Waals surface area contributed by atoms with Gasteiger partial charge in [0.25, 0.3) is 0 Å². The van der Waals surface area contributed by atoms with Gasteiger partial charge in [0.1, 0.15) is 0 Å². The van der Waals surface area contributed by atoms with Gasteiger partial charge in [-0.1, -0.05) is 158 Å². The Hall–Kier alpha value is -6.74. The summed E-state index contributed by atoms with van der Waals surface area (Å²) in [7, 11) is 0. The van der Waals surface area contributed by atoms with Crippen molar-refractivity contribution in [3.05, 3.63) is 200 Å². The van der Waals surface area contributed by atoms with Crippen LogP contribution in [-0.4, -0.2) is 0 Å². The quantitative estimate of drug-likeness (QED) is 0.161. The summed E-state index contributed by atoms with van der Waals surface area (Å²) in [5.41, 5.74) is 8.23. The molecule has 0 spiro atoms. The number of para-hydroxylation sites is 1. The number of anilines is 3. The fourth-order valence-corrected chi connectivity index (χ4v) is 9.62. The lowest BCUT2D eigenvalue weighted by Gasteiger charge is -2.28. The summed E-state index contributed by atoms with van der Waals surface area (Å²) in [6.07, 6.45) is 0. The molecular formula is C52H33NS. The van der Waals surface area contributed by atoms with Crippen LogP contribution in [0.2, 0.25) is 0 Å². The SMILES string of the molecule is c1ccc(-c2ccccc2N(c2ccc(-c3cccc4ccc5ccc6ccccc6c5c34)cc2)c2ccc3c(c2)sc2cc4ccccc4cc23)cc1. The zero-order valence-electron chi connectivity index (χ0n) is 29.4. The lowest BCUT2D eigenvalue weighted by atomic mass is 9.91. The minimum Gasteiger partial charge on any atom is -0.310 e. The molecule has 0 unspecified atom stereocenters. The van der Waals surface area contributed by atoms with E-state index >= 15 is 0 Å². The molecule has 0 aliphatic heterocycles. The van der Waals surface area contributed by atoms with Gasteiger partial charge in [0.05, 0.1) is 5.69 Å². The van der Waals surface area contributed by atoms with E-state index in [4.69, 9.17) is 0 Å². The topological polar surface area (TPSA) is 3.24 Å².